The molecule has 1 aromatic rings. The smallest absolute Gasteiger partial charge is 0.306 e. The maximum Gasteiger partial charge on any atom is 0.306 e. The first kappa shape index (κ1) is 13.9. The van der Waals surface area contributed by atoms with E-state index in [1.165, 1.54) is 6.07 Å². The standard InChI is InChI=1S/C12H10INO5/c13-7-3-1-2-6-9(7)11(19)12(10(6)18,14-5-15)4-8(16)17/h1-3,5,11,19H,4H2,(H,14,15)(H,16,17). The molecular formula is C12H10INO5. The van der Waals surface area contributed by atoms with Crippen LogP contribution < -0.4 is 5.32 Å². The summed E-state index contributed by atoms with van der Waals surface area (Å²) in [4.78, 5) is 34.0. The van der Waals surface area contributed by atoms with Crippen LogP contribution in [0.25, 0.3) is 0 Å². The van der Waals surface area contributed by atoms with Crippen molar-refractivity contribution in [1.82, 2.24) is 5.32 Å². The first-order valence-corrected chi connectivity index (χ1v) is 6.46. The Hall–Kier alpha value is -1.48. The Balaban J connectivity index is 2.60. The number of aliphatic hydroxyl groups excluding tert-OH is 1. The van der Waals surface area contributed by atoms with Gasteiger partial charge in [-0.2, -0.15) is 0 Å². The van der Waals surface area contributed by atoms with Crippen LogP contribution in [0.15, 0.2) is 18.2 Å². The molecule has 0 radical (unpaired) electrons. The number of carbonyl (C=O) groups is 3. The minimum absolute atomic E-state index is 0.239. The van der Waals surface area contributed by atoms with Crippen molar-refractivity contribution in [2.75, 3.05) is 0 Å². The molecule has 2 unspecified atom stereocenters. The quantitative estimate of drug-likeness (QED) is 0.525. The second-order valence-corrected chi connectivity index (χ2v) is 5.40. The molecule has 1 aromatic carbocycles. The molecule has 2 rings (SSSR count). The molecule has 1 amide bonds. The Morgan fingerprint density at radius 3 is 2.74 bits per heavy atom. The van der Waals surface area contributed by atoms with Gasteiger partial charge in [-0.1, -0.05) is 12.1 Å². The van der Waals surface area contributed by atoms with Crippen molar-refractivity contribution in [3.8, 4) is 0 Å². The molecular weight excluding hydrogens is 365 g/mol. The Morgan fingerprint density at radius 1 is 1.53 bits per heavy atom. The summed E-state index contributed by atoms with van der Waals surface area (Å²) in [5.41, 5.74) is -1.21. The number of aliphatic carboxylic acids is 1. The van der Waals surface area contributed by atoms with Gasteiger partial charge >= 0.3 is 5.97 Å². The number of carboxylic acids is 1. The lowest BCUT2D eigenvalue weighted by Gasteiger charge is -2.29. The zero-order chi connectivity index (χ0) is 14.2. The number of fused-ring (bicyclic) bond motifs is 1. The van der Waals surface area contributed by atoms with Crippen molar-refractivity contribution in [2.45, 2.75) is 18.1 Å². The molecule has 0 aliphatic heterocycles. The van der Waals surface area contributed by atoms with Gasteiger partial charge in [-0.05, 0) is 28.7 Å². The van der Waals surface area contributed by atoms with Crippen LogP contribution in [0.2, 0.25) is 0 Å². The van der Waals surface area contributed by atoms with Crippen molar-refractivity contribution in [3.05, 3.63) is 32.9 Å². The number of Topliss-reactive ketones (excluding diaryl/α,β-unsaturated/α-hetero) is 1. The molecule has 0 saturated carbocycles. The molecule has 19 heavy (non-hydrogen) atoms. The Kier molecular flexibility index (Phi) is 3.59. The van der Waals surface area contributed by atoms with E-state index >= 15 is 0 Å². The van der Waals surface area contributed by atoms with Crippen molar-refractivity contribution >= 4 is 40.8 Å². The molecule has 0 bridgehead atoms. The summed E-state index contributed by atoms with van der Waals surface area (Å²) in [6.45, 7) is 0. The van der Waals surface area contributed by atoms with Crippen LogP contribution >= 0.6 is 22.6 Å². The molecule has 3 N–H and O–H groups in total. The van der Waals surface area contributed by atoms with Gasteiger partial charge in [0.1, 0.15) is 11.6 Å². The van der Waals surface area contributed by atoms with Crippen LogP contribution in [0.4, 0.5) is 0 Å². The average Bonchev–Trinajstić information content (AvgIpc) is 2.53. The summed E-state index contributed by atoms with van der Waals surface area (Å²) < 4.78 is 0.649. The lowest BCUT2D eigenvalue weighted by molar-refractivity contribution is -0.139. The highest BCUT2D eigenvalue weighted by Gasteiger charge is 2.54. The highest BCUT2D eigenvalue weighted by molar-refractivity contribution is 14.1. The van der Waals surface area contributed by atoms with Crippen LogP contribution in [-0.2, 0) is 9.59 Å². The van der Waals surface area contributed by atoms with Gasteiger partial charge in [0, 0.05) is 14.7 Å². The highest BCUT2D eigenvalue weighted by atomic mass is 127. The van der Waals surface area contributed by atoms with Gasteiger partial charge in [-0.15, -0.1) is 0 Å². The van der Waals surface area contributed by atoms with E-state index in [2.05, 4.69) is 5.32 Å². The summed E-state index contributed by atoms with van der Waals surface area (Å²) in [5.74, 6) is -1.85. The Morgan fingerprint density at radius 2 is 2.21 bits per heavy atom. The van der Waals surface area contributed by atoms with Gasteiger partial charge < -0.3 is 15.5 Å². The summed E-state index contributed by atoms with van der Waals surface area (Å²) in [6, 6.07) is 4.86. The minimum Gasteiger partial charge on any atom is -0.481 e. The average molecular weight is 375 g/mol. The monoisotopic (exact) mass is 375 g/mol. The molecule has 6 nitrogen and oxygen atoms in total. The molecule has 7 heteroatoms. The number of hydrogen-bond donors (Lipinski definition) is 3. The van der Waals surface area contributed by atoms with E-state index in [4.69, 9.17) is 5.11 Å². The fraction of sp³-hybridized carbons (Fsp3) is 0.250. The second-order valence-electron chi connectivity index (χ2n) is 4.24. The molecule has 100 valence electrons. The molecule has 1 aliphatic rings. The van der Waals surface area contributed by atoms with Crippen LogP contribution in [-0.4, -0.2) is 33.9 Å². The number of rotatable bonds is 4. The molecule has 0 fully saturated rings. The third-order valence-corrected chi connectivity index (χ3v) is 4.13. The Bertz CT molecular complexity index is 573. The van der Waals surface area contributed by atoms with Gasteiger partial charge in [-0.25, -0.2) is 0 Å². The maximum atomic E-state index is 12.4. The summed E-state index contributed by atoms with van der Waals surface area (Å²) in [5, 5.41) is 21.4. The van der Waals surface area contributed by atoms with Crippen molar-refractivity contribution in [1.29, 1.82) is 0 Å². The van der Waals surface area contributed by atoms with E-state index in [0.717, 1.165) is 0 Å². The molecule has 0 saturated heterocycles. The number of hydrogen-bond acceptors (Lipinski definition) is 4. The molecule has 2 atom stereocenters. The molecule has 0 heterocycles. The number of amides is 1. The molecule has 1 aliphatic carbocycles. The maximum absolute atomic E-state index is 12.4. The predicted octanol–water partition coefficient (Wildman–Crippen LogP) is 0.480. The first-order valence-electron chi connectivity index (χ1n) is 5.38. The lowest BCUT2D eigenvalue weighted by atomic mass is 9.88. The van der Waals surface area contributed by atoms with Gasteiger partial charge in [0.25, 0.3) is 0 Å². The van der Waals surface area contributed by atoms with Crippen LogP contribution in [0.3, 0.4) is 0 Å². The zero-order valence-electron chi connectivity index (χ0n) is 9.59. The summed E-state index contributed by atoms with van der Waals surface area (Å²) >= 11 is 1.95. The number of nitrogens with one attached hydrogen (secondary N) is 1. The van der Waals surface area contributed by atoms with Gasteiger partial charge in [0.05, 0.1) is 6.42 Å². The van der Waals surface area contributed by atoms with Gasteiger partial charge in [0.15, 0.2) is 5.78 Å². The number of benzene rings is 1. The topological polar surface area (TPSA) is 104 Å². The van der Waals surface area contributed by atoms with Crippen molar-refractivity contribution in [3.63, 3.8) is 0 Å². The van der Waals surface area contributed by atoms with E-state index in [9.17, 15) is 19.5 Å². The second kappa shape index (κ2) is 4.89. The predicted molar refractivity (Wildman–Crippen MR) is 72.6 cm³/mol. The lowest BCUT2D eigenvalue weighted by Crippen LogP contribution is -2.53. The van der Waals surface area contributed by atoms with E-state index < -0.39 is 29.8 Å². The zero-order valence-corrected chi connectivity index (χ0v) is 11.7. The fourth-order valence-corrected chi connectivity index (χ4v) is 3.13. The number of halogens is 1. The normalized spacial score (nSPS) is 24.9. The third kappa shape index (κ3) is 2.02. The van der Waals surface area contributed by atoms with Gasteiger partial charge in [0.2, 0.25) is 6.41 Å². The number of carboxylic acid groups (broad SMARTS) is 1. The van der Waals surface area contributed by atoms with Gasteiger partial charge in [-0.3, -0.25) is 14.4 Å². The van der Waals surface area contributed by atoms with E-state index in [1.807, 2.05) is 22.6 Å². The molecule has 0 spiro atoms. The fourth-order valence-electron chi connectivity index (χ4n) is 2.34. The first-order chi connectivity index (χ1) is 8.94. The van der Waals surface area contributed by atoms with E-state index in [0.29, 0.717) is 9.13 Å². The minimum atomic E-state index is -1.82. The number of ketones is 1. The van der Waals surface area contributed by atoms with Crippen molar-refractivity contribution in [2.24, 2.45) is 0 Å². The molecule has 0 aromatic heterocycles. The largest absolute Gasteiger partial charge is 0.481 e. The number of aliphatic hydroxyl groups is 1. The Labute approximate surface area is 121 Å². The van der Waals surface area contributed by atoms with Crippen LogP contribution in [0, 0.1) is 3.57 Å². The van der Waals surface area contributed by atoms with Crippen molar-refractivity contribution < 1.29 is 24.6 Å². The highest BCUT2D eigenvalue weighted by Crippen LogP contribution is 2.43. The number of carbonyl (C=O) groups excluding carboxylic acids is 2. The van der Waals surface area contributed by atoms with E-state index in [-0.39, 0.29) is 12.0 Å². The summed E-state index contributed by atoms with van der Waals surface area (Å²) in [6.07, 6.45) is -1.80. The third-order valence-electron chi connectivity index (χ3n) is 3.19. The van der Waals surface area contributed by atoms with Crippen LogP contribution in [0.1, 0.15) is 28.4 Å². The van der Waals surface area contributed by atoms with Crippen LogP contribution in [0.5, 0.6) is 0 Å². The summed E-state index contributed by atoms with van der Waals surface area (Å²) in [7, 11) is 0. The van der Waals surface area contributed by atoms with E-state index in [1.54, 1.807) is 12.1 Å². The SMILES string of the molecule is O=CNC1(CC(=O)O)C(=O)c2cccc(I)c2C1O.